The molecule has 1 fully saturated rings. The highest BCUT2D eigenvalue weighted by Gasteiger charge is 2.37. The molecule has 4 heteroatoms. The SMILES string of the molecule is CCCOC1CC(OCCC)C(OCCC)O1. The molecule has 4 nitrogen and oxygen atoms in total. The molecule has 0 aromatic carbocycles. The fourth-order valence-electron chi connectivity index (χ4n) is 1.75. The van der Waals surface area contributed by atoms with Crippen LogP contribution in [0.2, 0.25) is 0 Å². The molecule has 1 rings (SSSR count). The zero-order valence-corrected chi connectivity index (χ0v) is 11.3. The van der Waals surface area contributed by atoms with Crippen LogP contribution in [0.3, 0.4) is 0 Å². The Morgan fingerprint density at radius 3 is 2.12 bits per heavy atom. The van der Waals surface area contributed by atoms with E-state index in [2.05, 4.69) is 20.8 Å². The van der Waals surface area contributed by atoms with Crippen molar-refractivity contribution >= 4 is 0 Å². The Morgan fingerprint density at radius 2 is 1.47 bits per heavy atom. The van der Waals surface area contributed by atoms with Gasteiger partial charge in [0.15, 0.2) is 12.6 Å². The molecule has 0 aliphatic carbocycles. The van der Waals surface area contributed by atoms with Gasteiger partial charge < -0.3 is 18.9 Å². The summed E-state index contributed by atoms with van der Waals surface area (Å²) >= 11 is 0. The highest BCUT2D eigenvalue weighted by atomic mass is 16.8. The van der Waals surface area contributed by atoms with Gasteiger partial charge in [0.2, 0.25) is 0 Å². The van der Waals surface area contributed by atoms with Crippen LogP contribution in [0.4, 0.5) is 0 Å². The molecule has 0 saturated carbocycles. The van der Waals surface area contributed by atoms with Gasteiger partial charge in [-0.25, -0.2) is 0 Å². The number of ether oxygens (including phenoxy) is 4. The zero-order valence-electron chi connectivity index (χ0n) is 11.3. The minimum Gasteiger partial charge on any atom is -0.373 e. The lowest BCUT2D eigenvalue weighted by molar-refractivity contribution is -0.221. The van der Waals surface area contributed by atoms with Crippen molar-refractivity contribution in [2.45, 2.75) is 65.1 Å². The van der Waals surface area contributed by atoms with Crippen LogP contribution in [0.25, 0.3) is 0 Å². The molecule has 102 valence electrons. The molecule has 1 aliphatic heterocycles. The van der Waals surface area contributed by atoms with E-state index in [1.165, 1.54) is 0 Å². The van der Waals surface area contributed by atoms with Crippen molar-refractivity contribution in [1.82, 2.24) is 0 Å². The number of rotatable bonds is 9. The average molecular weight is 246 g/mol. The van der Waals surface area contributed by atoms with Gasteiger partial charge in [0, 0.05) is 26.2 Å². The van der Waals surface area contributed by atoms with Crippen molar-refractivity contribution in [3.05, 3.63) is 0 Å². The second-order valence-electron chi connectivity index (χ2n) is 4.32. The maximum Gasteiger partial charge on any atom is 0.186 e. The third-order valence-corrected chi connectivity index (χ3v) is 2.54. The van der Waals surface area contributed by atoms with Crippen LogP contribution in [-0.2, 0) is 18.9 Å². The first-order valence-corrected chi connectivity index (χ1v) is 6.82. The lowest BCUT2D eigenvalue weighted by Gasteiger charge is -2.18. The Balaban J connectivity index is 2.34. The van der Waals surface area contributed by atoms with E-state index in [1.807, 2.05) is 0 Å². The van der Waals surface area contributed by atoms with E-state index in [0.717, 1.165) is 38.9 Å². The van der Waals surface area contributed by atoms with E-state index in [0.29, 0.717) is 6.61 Å². The highest BCUT2D eigenvalue weighted by molar-refractivity contribution is 4.73. The minimum atomic E-state index is -0.261. The molecule has 1 saturated heterocycles. The van der Waals surface area contributed by atoms with Gasteiger partial charge in [0.05, 0.1) is 0 Å². The second-order valence-corrected chi connectivity index (χ2v) is 4.32. The molecule has 0 aromatic heterocycles. The van der Waals surface area contributed by atoms with Crippen LogP contribution in [0.15, 0.2) is 0 Å². The normalized spacial score (nSPS) is 28.8. The quantitative estimate of drug-likeness (QED) is 0.627. The summed E-state index contributed by atoms with van der Waals surface area (Å²) in [4.78, 5) is 0. The first-order chi connectivity index (χ1) is 8.31. The van der Waals surface area contributed by atoms with Gasteiger partial charge in [-0.3, -0.25) is 0 Å². The summed E-state index contributed by atoms with van der Waals surface area (Å²) in [5, 5.41) is 0. The molecule has 0 radical (unpaired) electrons. The summed E-state index contributed by atoms with van der Waals surface area (Å²) in [5.74, 6) is 0. The van der Waals surface area contributed by atoms with Crippen LogP contribution < -0.4 is 0 Å². The van der Waals surface area contributed by atoms with Crippen molar-refractivity contribution in [3.63, 3.8) is 0 Å². The van der Waals surface area contributed by atoms with Gasteiger partial charge in [-0.1, -0.05) is 20.8 Å². The molecule has 0 N–H and O–H groups in total. The summed E-state index contributed by atoms with van der Waals surface area (Å²) < 4.78 is 22.7. The maximum absolute atomic E-state index is 5.74. The summed E-state index contributed by atoms with van der Waals surface area (Å²) in [6.07, 6.45) is 3.36. The predicted octanol–water partition coefficient (Wildman–Crippen LogP) is 2.71. The molecule has 3 atom stereocenters. The minimum absolute atomic E-state index is 0.0170. The molecular formula is C13H26O4. The van der Waals surface area contributed by atoms with Crippen LogP contribution in [0.5, 0.6) is 0 Å². The molecule has 0 bridgehead atoms. The van der Waals surface area contributed by atoms with Crippen LogP contribution in [-0.4, -0.2) is 38.5 Å². The maximum atomic E-state index is 5.74. The topological polar surface area (TPSA) is 36.9 Å². The Morgan fingerprint density at radius 1 is 0.882 bits per heavy atom. The van der Waals surface area contributed by atoms with E-state index >= 15 is 0 Å². The third kappa shape index (κ3) is 5.34. The van der Waals surface area contributed by atoms with E-state index in [9.17, 15) is 0 Å². The first-order valence-electron chi connectivity index (χ1n) is 6.82. The summed E-state index contributed by atoms with van der Waals surface area (Å²) in [6, 6.07) is 0. The number of hydrogen-bond donors (Lipinski definition) is 0. The van der Waals surface area contributed by atoms with Gasteiger partial charge in [-0.15, -0.1) is 0 Å². The summed E-state index contributed by atoms with van der Waals surface area (Å²) in [6.45, 7) is 8.46. The smallest absolute Gasteiger partial charge is 0.186 e. The monoisotopic (exact) mass is 246 g/mol. The molecule has 0 spiro atoms. The van der Waals surface area contributed by atoms with E-state index in [4.69, 9.17) is 18.9 Å². The van der Waals surface area contributed by atoms with Crippen LogP contribution in [0.1, 0.15) is 46.5 Å². The van der Waals surface area contributed by atoms with E-state index in [-0.39, 0.29) is 18.7 Å². The highest BCUT2D eigenvalue weighted by Crippen LogP contribution is 2.25. The Kier molecular flexibility index (Phi) is 7.77. The summed E-state index contributed by atoms with van der Waals surface area (Å²) in [5.41, 5.74) is 0. The van der Waals surface area contributed by atoms with E-state index in [1.54, 1.807) is 0 Å². The summed E-state index contributed by atoms with van der Waals surface area (Å²) in [7, 11) is 0. The molecule has 0 amide bonds. The van der Waals surface area contributed by atoms with Crippen molar-refractivity contribution in [2.24, 2.45) is 0 Å². The lowest BCUT2D eigenvalue weighted by atomic mass is 10.3. The first kappa shape index (κ1) is 14.9. The predicted molar refractivity (Wildman–Crippen MR) is 65.8 cm³/mol. The van der Waals surface area contributed by atoms with Gasteiger partial charge in [0.1, 0.15) is 6.10 Å². The molecule has 1 aliphatic rings. The van der Waals surface area contributed by atoms with E-state index < -0.39 is 0 Å². The Labute approximate surface area is 105 Å². The van der Waals surface area contributed by atoms with Crippen LogP contribution >= 0.6 is 0 Å². The molecule has 1 heterocycles. The van der Waals surface area contributed by atoms with Gasteiger partial charge >= 0.3 is 0 Å². The largest absolute Gasteiger partial charge is 0.373 e. The zero-order chi connectivity index (χ0) is 12.5. The molecular weight excluding hydrogens is 220 g/mol. The Hall–Kier alpha value is -0.160. The number of hydrogen-bond acceptors (Lipinski definition) is 4. The second kappa shape index (κ2) is 8.86. The lowest BCUT2D eigenvalue weighted by Crippen LogP contribution is -2.28. The standard InChI is InChI=1S/C13H26O4/c1-4-7-14-11-10-12(15-8-5-2)17-13(11)16-9-6-3/h11-13H,4-10H2,1-3H3. The Bertz CT molecular complexity index is 170. The average Bonchev–Trinajstić information content (AvgIpc) is 2.73. The van der Waals surface area contributed by atoms with Crippen molar-refractivity contribution in [2.75, 3.05) is 19.8 Å². The molecule has 17 heavy (non-hydrogen) atoms. The van der Waals surface area contributed by atoms with Gasteiger partial charge in [-0.05, 0) is 19.3 Å². The van der Waals surface area contributed by atoms with Crippen molar-refractivity contribution < 1.29 is 18.9 Å². The fourth-order valence-corrected chi connectivity index (χ4v) is 1.75. The van der Waals surface area contributed by atoms with Crippen molar-refractivity contribution in [1.29, 1.82) is 0 Å². The van der Waals surface area contributed by atoms with Gasteiger partial charge in [0.25, 0.3) is 0 Å². The third-order valence-electron chi connectivity index (χ3n) is 2.54. The van der Waals surface area contributed by atoms with Crippen molar-refractivity contribution in [3.8, 4) is 0 Å². The molecule has 0 aromatic rings. The van der Waals surface area contributed by atoms with Gasteiger partial charge in [-0.2, -0.15) is 0 Å². The fraction of sp³-hybridized carbons (Fsp3) is 1.00. The van der Waals surface area contributed by atoms with Crippen LogP contribution in [0, 0.1) is 0 Å². The molecule has 3 unspecified atom stereocenters.